The lowest BCUT2D eigenvalue weighted by molar-refractivity contribution is -0.122. The predicted octanol–water partition coefficient (Wildman–Crippen LogP) is 2.34. The summed E-state index contributed by atoms with van der Waals surface area (Å²) in [6.45, 7) is 2.45. The summed E-state index contributed by atoms with van der Waals surface area (Å²) >= 11 is 0. The van der Waals surface area contributed by atoms with Gasteiger partial charge in [-0.05, 0) is 67.3 Å². The van der Waals surface area contributed by atoms with E-state index in [-0.39, 0.29) is 23.3 Å². The molecule has 3 rings (SSSR count). The fourth-order valence-electron chi connectivity index (χ4n) is 4.25. The van der Waals surface area contributed by atoms with E-state index in [2.05, 4.69) is 10.6 Å². The number of benzene rings is 2. The number of fused-ring (bicyclic) bond motifs is 1. The minimum Gasteiger partial charge on any atom is -0.375 e. The smallest absolute Gasteiger partial charge is 0.252 e. The molecule has 10 heteroatoms. The van der Waals surface area contributed by atoms with E-state index in [0.29, 0.717) is 31.6 Å². The van der Waals surface area contributed by atoms with Crippen LogP contribution in [0.2, 0.25) is 0 Å². The van der Waals surface area contributed by atoms with Gasteiger partial charge in [0, 0.05) is 38.0 Å². The summed E-state index contributed by atoms with van der Waals surface area (Å²) in [5, 5.41) is 11.5. The van der Waals surface area contributed by atoms with E-state index >= 15 is 0 Å². The van der Waals surface area contributed by atoms with E-state index in [1.54, 1.807) is 23.1 Å². The number of nitrogens with zero attached hydrogens (tertiary/aromatic N) is 1. The highest BCUT2D eigenvalue weighted by Gasteiger charge is 2.20. The SMILES string of the molecule is COCC(=O)N1CCCCCCCNCc2cc(C(=O)NCCc3ccc(S(N)(=O)=O)cc3)ccc21. The van der Waals surface area contributed by atoms with Gasteiger partial charge in [-0.15, -0.1) is 0 Å². The van der Waals surface area contributed by atoms with Crippen LogP contribution < -0.4 is 20.7 Å². The van der Waals surface area contributed by atoms with Crippen LogP contribution in [0.15, 0.2) is 47.4 Å². The molecule has 0 radical (unpaired) electrons. The minimum atomic E-state index is -3.73. The van der Waals surface area contributed by atoms with Gasteiger partial charge in [0.1, 0.15) is 6.61 Å². The van der Waals surface area contributed by atoms with Crippen molar-refractivity contribution >= 4 is 27.5 Å². The molecule has 2 aromatic rings. The normalized spacial score (nSPS) is 15.3. The third-order valence-corrected chi connectivity index (χ3v) is 7.13. The fourth-order valence-corrected chi connectivity index (χ4v) is 4.77. The molecule has 1 aliphatic heterocycles. The first-order valence-corrected chi connectivity index (χ1v) is 13.9. The average Bonchev–Trinajstić information content (AvgIpc) is 2.84. The molecule has 0 aliphatic carbocycles. The molecular weight excluding hydrogens is 480 g/mol. The first-order valence-electron chi connectivity index (χ1n) is 12.3. The lowest BCUT2D eigenvalue weighted by Gasteiger charge is -2.26. The molecule has 0 saturated heterocycles. The van der Waals surface area contributed by atoms with Gasteiger partial charge in [-0.3, -0.25) is 9.59 Å². The van der Waals surface area contributed by atoms with Crippen LogP contribution in [0.25, 0.3) is 0 Å². The number of methoxy groups -OCH3 is 1. The highest BCUT2D eigenvalue weighted by atomic mass is 32.2. The van der Waals surface area contributed by atoms with Crippen LogP contribution in [0.3, 0.4) is 0 Å². The molecule has 1 aliphatic rings. The van der Waals surface area contributed by atoms with Crippen LogP contribution >= 0.6 is 0 Å². The summed E-state index contributed by atoms with van der Waals surface area (Å²) in [6.07, 6.45) is 5.93. The maximum Gasteiger partial charge on any atom is 0.252 e. The Morgan fingerprint density at radius 1 is 1.06 bits per heavy atom. The monoisotopic (exact) mass is 516 g/mol. The number of nitrogens with one attached hydrogen (secondary N) is 2. The number of carbonyl (C=O) groups is 2. The number of ether oxygens (including phenoxy) is 1. The molecule has 0 aromatic heterocycles. The third-order valence-electron chi connectivity index (χ3n) is 6.20. The maximum atomic E-state index is 12.9. The standard InChI is InChI=1S/C26H36N4O5S/c1-35-19-25(31)30-16-6-4-2-3-5-14-28-18-22-17-21(9-12-24(22)30)26(32)29-15-13-20-7-10-23(11-8-20)36(27,33)34/h7-12,17,28H,2-6,13-16,18-19H2,1H3,(H,29,32)(H2,27,33,34). The molecule has 2 aromatic carbocycles. The topological polar surface area (TPSA) is 131 Å². The van der Waals surface area contributed by atoms with Gasteiger partial charge in [-0.2, -0.15) is 0 Å². The first kappa shape index (κ1) is 27.8. The van der Waals surface area contributed by atoms with E-state index in [0.717, 1.165) is 55.5 Å². The Morgan fingerprint density at radius 3 is 2.50 bits per heavy atom. The van der Waals surface area contributed by atoms with Gasteiger partial charge in [0.25, 0.3) is 11.8 Å². The average molecular weight is 517 g/mol. The van der Waals surface area contributed by atoms with Crippen LogP contribution in [-0.4, -0.2) is 53.6 Å². The fraction of sp³-hybridized carbons (Fsp3) is 0.462. The maximum absolute atomic E-state index is 12.9. The number of hydrogen-bond donors (Lipinski definition) is 3. The number of nitrogens with two attached hydrogens (primary N) is 1. The van der Waals surface area contributed by atoms with E-state index in [1.807, 2.05) is 12.1 Å². The van der Waals surface area contributed by atoms with Gasteiger partial charge < -0.3 is 20.3 Å². The highest BCUT2D eigenvalue weighted by Crippen LogP contribution is 2.24. The van der Waals surface area contributed by atoms with Gasteiger partial charge in [0.2, 0.25) is 10.0 Å². The largest absolute Gasteiger partial charge is 0.375 e. The molecule has 196 valence electrons. The van der Waals surface area contributed by atoms with Crippen molar-refractivity contribution in [2.45, 2.75) is 50.0 Å². The molecule has 0 fully saturated rings. The second-order valence-electron chi connectivity index (χ2n) is 8.96. The van der Waals surface area contributed by atoms with Gasteiger partial charge in [-0.1, -0.05) is 31.4 Å². The second-order valence-corrected chi connectivity index (χ2v) is 10.5. The van der Waals surface area contributed by atoms with Crippen molar-refractivity contribution in [2.75, 3.05) is 38.3 Å². The number of primary sulfonamides is 1. The molecule has 0 spiro atoms. The lowest BCUT2D eigenvalue weighted by atomic mass is 10.0. The minimum absolute atomic E-state index is 0.00724. The molecular formula is C26H36N4O5S. The number of sulfonamides is 1. The number of rotatable bonds is 7. The van der Waals surface area contributed by atoms with Gasteiger partial charge in [-0.25, -0.2) is 13.6 Å². The Morgan fingerprint density at radius 2 is 1.78 bits per heavy atom. The van der Waals surface area contributed by atoms with Crippen molar-refractivity contribution in [1.82, 2.24) is 10.6 Å². The molecule has 9 nitrogen and oxygen atoms in total. The van der Waals surface area contributed by atoms with Crippen molar-refractivity contribution in [1.29, 1.82) is 0 Å². The Balaban J connectivity index is 1.71. The Labute approximate surface area is 213 Å². The summed E-state index contributed by atoms with van der Waals surface area (Å²) in [5.41, 5.74) is 3.10. The second kappa shape index (κ2) is 13.5. The zero-order valence-corrected chi connectivity index (χ0v) is 21.6. The van der Waals surface area contributed by atoms with Crippen molar-refractivity contribution in [3.63, 3.8) is 0 Å². The van der Waals surface area contributed by atoms with Gasteiger partial charge in [0.05, 0.1) is 4.90 Å². The van der Waals surface area contributed by atoms with E-state index in [1.165, 1.54) is 19.2 Å². The van der Waals surface area contributed by atoms with Crippen molar-refractivity contribution in [3.05, 3.63) is 59.2 Å². The summed E-state index contributed by atoms with van der Waals surface area (Å²) in [5.74, 6) is -0.304. The molecule has 0 bridgehead atoms. The third kappa shape index (κ3) is 8.12. The van der Waals surface area contributed by atoms with Crippen LogP contribution in [-0.2, 0) is 32.5 Å². The van der Waals surface area contributed by atoms with Crippen LogP contribution in [0.1, 0.15) is 53.6 Å². The number of anilines is 1. The Kier molecular flexibility index (Phi) is 10.4. The zero-order chi connectivity index (χ0) is 26.0. The number of hydrogen-bond acceptors (Lipinski definition) is 6. The summed E-state index contributed by atoms with van der Waals surface area (Å²) in [6, 6.07) is 11.7. The Bertz CT molecular complexity index is 1140. The van der Waals surface area contributed by atoms with Crippen LogP contribution in [0, 0.1) is 0 Å². The molecule has 2 amide bonds. The van der Waals surface area contributed by atoms with E-state index in [4.69, 9.17) is 9.88 Å². The molecule has 0 saturated carbocycles. The van der Waals surface area contributed by atoms with Crippen LogP contribution in [0.5, 0.6) is 0 Å². The molecule has 36 heavy (non-hydrogen) atoms. The van der Waals surface area contributed by atoms with E-state index in [9.17, 15) is 18.0 Å². The van der Waals surface area contributed by atoms with E-state index < -0.39 is 10.0 Å². The summed E-state index contributed by atoms with van der Waals surface area (Å²) in [7, 11) is -2.22. The molecule has 4 N–H and O–H groups in total. The molecule has 0 unspecified atom stereocenters. The van der Waals surface area contributed by atoms with Crippen molar-refractivity contribution in [3.8, 4) is 0 Å². The van der Waals surface area contributed by atoms with Gasteiger partial charge in [0.15, 0.2) is 0 Å². The first-order chi connectivity index (χ1) is 17.3. The quantitative estimate of drug-likeness (QED) is 0.518. The predicted molar refractivity (Wildman–Crippen MR) is 139 cm³/mol. The lowest BCUT2D eigenvalue weighted by Crippen LogP contribution is -2.36. The number of carbonyl (C=O) groups excluding carboxylic acids is 2. The van der Waals surface area contributed by atoms with Crippen LogP contribution in [0.4, 0.5) is 5.69 Å². The molecule has 1 heterocycles. The molecule has 0 atom stereocenters. The van der Waals surface area contributed by atoms with Gasteiger partial charge >= 0.3 is 0 Å². The number of amides is 2. The Hall–Kier alpha value is -2.79. The van der Waals surface area contributed by atoms with Crippen molar-refractivity contribution < 1.29 is 22.7 Å². The highest BCUT2D eigenvalue weighted by molar-refractivity contribution is 7.89. The zero-order valence-electron chi connectivity index (χ0n) is 20.8. The summed E-state index contributed by atoms with van der Waals surface area (Å²) in [4.78, 5) is 27.5. The van der Waals surface area contributed by atoms with Crippen molar-refractivity contribution in [2.24, 2.45) is 5.14 Å². The summed E-state index contributed by atoms with van der Waals surface area (Å²) < 4.78 is 27.9.